The maximum atomic E-state index is 11.0. The second-order valence-electron chi connectivity index (χ2n) is 3.95. The molecule has 0 bridgehead atoms. The number of nitrogens with two attached hydrogens (primary N) is 1. The molecule has 0 aliphatic rings. The Balaban J connectivity index is 2.79. The van der Waals surface area contributed by atoms with Crippen LogP contribution in [0, 0.1) is 0 Å². The number of hydrogen-bond donors (Lipinski definition) is 1. The molecule has 0 aromatic heterocycles. The normalized spacial score (nSPS) is 13.4. The second kappa shape index (κ2) is 5.84. The van der Waals surface area contributed by atoms with Crippen molar-refractivity contribution < 1.29 is 13.2 Å². The average Bonchev–Trinajstić information content (AvgIpc) is 2.15. The van der Waals surface area contributed by atoms with Crippen molar-refractivity contribution >= 4 is 25.8 Å². The predicted octanol–water partition coefficient (Wildman–Crippen LogP) is 1.89. The van der Waals surface area contributed by atoms with E-state index in [1.54, 1.807) is 6.07 Å². The van der Waals surface area contributed by atoms with Crippen molar-refractivity contribution in [1.82, 2.24) is 0 Å². The standard InChI is InChI=1S/C11H16BrNO3S/c1-8(13)10-4-3-9(12)7-11(10)16-5-6-17(2,14)15/h3-4,7-8H,5-6,13H2,1-2H3/t8-/m0/s1. The van der Waals surface area contributed by atoms with Gasteiger partial charge in [0, 0.05) is 22.3 Å². The Labute approximate surface area is 110 Å². The summed E-state index contributed by atoms with van der Waals surface area (Å²) in [6, 6.07) is 5.38. The van der Waals surface area contributed by atoms with Gasteiger partial charge in [-0.2, -0.15) is 0 Å². The van der Waals surface area contributed by atoms with Crippen LogP contribution in [0.2, 0.25) is 0 Å². The van der Waals surface area contributed by atoms with Crippen LogP contribution in [0.1, 0.15) is 18.5 Å². The highest BCUT2D eigenvalue weighted by Crippen LogP contribution is 2.27. The van der Waals surface area contributed by atoms with Crippen LogP contribution in [0.4, 0.5) is 0 Å². The van der Waals surface area contributed by atoms with Gasteiger partial charge in [0.1, 0.15) is 12.4 Å². The van der Waals surface area contributed by atoms with Crippen molar-refractivity contribution in [2.24, 2.45) is 5.73 Å². The molecule has 6 heteroatoms. The van der Waals surface area contributed by atoms with Crippen molar-refractivity contribution in [2.45, 2.75) is 13.0 Å². The third-order valence-electron chi connectivity index (χ3n) is 2.18. The van der Waals surface area contributed by atoms with Crippen molar-refractivity contribution in [3.63, 3.8) is 0 Å². The maximum absolute atomic E-state index is 11.0. The van der Waals surface area contributed by atoms with E-state index in [1.165, 1.54) is 6.26 Å². The van der Waals surface area contributed by atoms with Gasteiger partial charge in [0.2, 0.25) is 0 Å². The van der Waals surface area contributed by atoms with Gasteiger partial charge in [-0.25, -0.2) is 8.42 Å². The van der Waals surface area contributed by atoms with E-state index in [0.29, 0.717) is 5.75 Å². The Morgan fingerprint density at radius 1 is 1.47 bits per heavy atom. The van der Waals surface area contributed by atoms with Gasteiger partial charge >= 0.3 is 0 Å². The monoisotopic (exact) mass is 321 g/mol. The van der Waals surface area contributed by atoms with Crippen molar-refractivity contribution in [1.29, 1.82) is 0 Å². The van der Waals surface area contributed by atoms with E-state index < -0.39 is 9.84 Å². The molecule has 0 saturated heterocycles. The summed E-state index contributed by atoms with van der Waals surface area (Å²) < 4.78 is 28.3. The van der Waals surface area contributed by atoms with Crippen LogP contribution in [0.15, 0.2) is 22.7 Å². The van der Waals surface area contributed by atoms with Gasteiger partial charge in [0.15, 0.2) is 9.84 Å². The minimum absolute atomic E-state index is 0.00208. The molecule has 2 N–H and O–H groups in total. The zero-order chi connectivity index (χ0) is 13.1. The summed E-state index contributed by atoms with van der Waals surface area (Å²) in [5.41, 5.74) is 6.67. The third kappa shape index (κ3) is 5.06. The van der Waals surface area contributed by atoms with Gasteiger partial charge < -0.3 is 10.5 Å². The molecule has 0 heterocycles. The highest BCUT2D eigenvalue weighted by molar-refractivity contribution is 9.10. The van der Waals surface area contributed by atoms with Crippen LogP contribution in [0.3, 0.4) is 0 Å². The average molecular weight is 322 g/mol. The van der Waals surface area contributed by atoms with Gasteiger partial charge in [0.25, 0.3) is 0 Å². The van der Waals surface area contributed by atoms with E-state index >= 15 is 0 Å². The van der Waals surface area contributed by atoms with Gasteiger partial charge in [-0.05, 0) is 19.1 Å². The SMILES string of the molecule is C[C@H](N)c1ccc(Br)cc1OCCS(C)(=O)=O. The fraction of sp³-hybridized carbons (Fsp3) is 0.455. The lowest BCUT2D eigenvalue weighted by molar-refractivity contribution is 0.335. The van der Waals surface area contributed by atoms with Crippen LogP contribution in [0.25, 0.3) is 0 Å². The van der Waals surface area contributed by atoms with Crippen molar-refractivity contribution in [2.75, 3.05) is 18.6 Å². The summed E-state index contributed by atoms with van der Waals surface area (Å²) in [6.07, 6.45) is 1.18. The zero-order valence-electron chi connectivity index (χ0n) is 9.81. The molecular formula is C11H16BrNO3S. The molecule has 0 aliphatic heterocycles. The first kappa shape index (κ1) is 14.5. The molecule has 0 amide bonds. The lowest BCUT2D eigenvalue weighted by Gasteiger charge is -2.14. The predicted molar refractivity (Wildman–Crippen MR) is 72.0 cm³/mol. The highest BCUT2D eigenvalue weighted by atomic mass is 79.9. The number of ether oxygens (including phenoxy) is 1. The number of benzene rings is 1. The van der Waals surface area contributed by atoms with E-state index in [4.69, 9.17) is 10.5 Å². The van der Waals surface area contributed by atoms with Crippen molar-refractivity contribution in [3.05, 3.63) is 28.2 Å². The first-order chi connectivity index (χ1) is 7.79. The summed E-state index contributed by atoms with van der Waals surface area (Å²) in [7, 11) is -3.01. The molecule has 1 aromatic carbocycles. The third-order valence-corrected chi connectivity index (χ3v) is 3.58. The molecule has 0 radical (unpaired) electrons. The molecule has 1 atom stereocenters. The van der Waals surface area contributed by atoms with Gasteiger partial charge in [-0.15, -0.1) is 0 Å². The van der Waals surface area contributed by atoms with Crippen LogP contribution in [-0.4, -0.2) is 27.0 Å². The van der Waals surface area contributed by atoms with Crippen LogP contribution in [0.5, 0.6) is 5.75 Å². The minimum Gasteiger partial charge on any atom is -0.492 e. The van der Waals surface area contributed by atoms with E-state index in [9.17, 15) is 8.42 Å². The second-order valence-corrected chi connectivity index (χ2v) is 7.12. The number of hydrogen-bond acceptors (Lipinski definition) is 4. The van der Waals surface area contributed by atoms with Crippen LogP contribution in [-0.2, 0) is 9.84 Å². The molecule has 1 aromatic rings. The summed E-state index contributed by atoms with van der Waals surface area (Å²) in [4.78, 5) is 0. The molecule has 0 saturated carbocycles. The summed E-state index contributed by atoms with van der Waals surface area (Å²) in [5.74, 6) is 0.621. The molecule has 0 unspecified atom stereocenters. The molecule has 0 fully saturated rings. The summed E-state index contributed by atoms with van der Waals surface area (Å²) >= 11 is 3.34. The lowest BCUT2D eigenvalue weighted by Crippen LogP contribution is -2.14. The van der Waals surface area contributed by atoms with Gasteiger partial charge in [-0.1, -0.05) is 22.0 Å². The highest BCUT2D eigenvalue weighted by Gasteiger charge is 2.10. The van der Waals surface area contributed by atoms with E-state index in [1.807, 2.05) is 19.1 Å². The van der Waals surface area contributed by atoms with E-state index in [2.05, 4.69) is 15.9 Å². The van der Waals surface area contributed by atoms with Crippen LogP contribution < -0.4 is 10.5 Å². The summed E-state index contributed by atoms with van der Waals surface area (Å²) in [5, 5.41) is 0. The Morgan fingerprint density at radius 2 is 2.12 bits per heavy atom. The molecular weight excluding hydrogens is 306 g/mol. The number of sulfone groups is 1. The molecule has 0 aliphatic carbocycles. The quantitative estimate of drug-likeness (QED) is 0.899. The largest absolute Gasteiger partial charge is 0.492 e. The Bertz CT molecular complexity index is 485. The minimum atomic E-state index is -3.01. The molecule has 1 rings (SSSR count). The van der Waals surface area contributed by atoms with Crippen molar-refractivity contribution in [3.8, 4) is 5.75 Å². The first-order valence-electron chi connectivity index (χ1n) is 5.15. The molecule has 0 spiro atoms. The topological polar surface area (TPSA) is 69.4 Å². The Morgan fingerprint density at radius 3 is 2.65 bits per heavy atom. The van der Waals surface area contributed by atoms with Gasteiger partial charge in [-0.3, -0.25) is 0 Å². The summed E-state index contributed by atoms with van der Waals surface area (Å²) in [6.45, 7) is 1.99. The Hall–Kier alpha value is -0.590. The lowest BCUT2D eigenvalue weighted by atomic mass is 10.1. The first-order valence-corrected chi connectivity index (χ1v) is 8.00. The Kier molecular flexibility index (Phi) is 4.97. The van der Waals surface area contributed by atoms with Gasteiger partial charge in [0.05, 0.1) is 5.75 Å². The smallest absolute Gasteiger partial charge is 0.150 e. The fourth-order valence-corrected chi connectivity index (χ4v) is 2.04. The number of halogens is 1. The number of rotatable bonds is 5. The van der Waals surface area contributed by atoms with E-state index in [0.717, 1.165) is 10.0 Å². The molecule has 96 valence electrons. The fourth-order valence-electron chi connectivity index (χ4n) is 1.31. The maximum Gasteiger partial charge on any atom is 0.150 e. The molecule has 17 heavy (non-hydrogen) atoms. The molecule has 4 nitrogen and oxygen atoms in total. The van der Waals surface area contributed by atoms with Crippen LogP contribution >= 0.6 is 15.9 Å². The van der Waals surface area contributed by atoms with E-state index in [-0.39, 0.29) is 18.4 Å². The zero-order valence-corrected chi connectivity index (χ0v) is 12.2.